The van der Waals surface area contributed by atoms with Crippen LogP contribution < -0.4 is 10.6 Å². The molecule has 1 amide bonds. The third kappa shape index (κ3) is 11.6. The maximum atomic E-state index is 11.4. The molecule has 0 aliphatic carbocycles. The lowest BCUT2D eigenvalue weighted by atomic mass is 10.1. The molecule has 100 valence electrons. The molecule has 0 aliphatic rings. The molecule has 0 heterocycles. The van der Waals surface area contributed by atoms with E-state index in [4.69, 9.17) is 12.2 Å². The van der Waals surface area contributed by atoms with Crippen LogP contribution in [0.2, 0.25) is 0 Å². The summed E-state index contributed by atoms with van der Waals surface area (Å²) in [5.41, 5.74) is 0. The number of nitrogens with one attached hydrogen (secondary N) is 2. The van der Waals surface area contributed by atoms with E-state index in [-0.39, 0.29) is 5.91 Å². The number of amides is 1. The molecule has 17 heavy (non-hydrogen) atoms. The van der Waals surface area contributed by atoms with Crippen LogP contribution in [0.3, 0.4) is 0 Å². The van der Waals surface area contributed by atoms with Crippen LogP contribution in [-0.4, -0.2) is 17.6 Å². The van der Waals surface area contributed by atoms with Gasteiger partial charge in [-0.3, -0.25) is 4.79 Å². The molecule has 0 radical (unpaired) electrons. The molecule has 0 aromatic rings. The smallest absolute Gasteiger partial charge is 0.226 e. The summed E-state index contributed by atoms with van der Waals surface area (Å²) in [4.78, 5) is 11.4. The average Bonchev–Trinajstić information content (AvgIpc) is 2.28. The summed E-state index contributed by atoms with van der Waals surface area (Å²) in [5.74, 6) is 0.0320. The second-order valence-corrected chi connectivity index (χ2v) is 4.69. The number of rotatable bonds is 9. The van der Waals surface area contributed by atoms with Gasteiger partial charge in [-0.2, -0.15) is 0 Å². The van der Waals surface area contributed by atoms with E-state index < -0.39 is 0 Å². The first-order chi connectivity index (χ1) is 8.20. The highest BCUT2D eigenvalue weighted by atomic mass is 32.1. The standard InChI is InChI=1S/C13H26N2OS/c1-3-5-6-7-8-9-10-11-12(16)15-13(17)14-4-2/h3-11H2,1-2H3,(H2,14,15,16,17). The quantitative estimate of drug-likeness (QED) is 0.493. The second-order valence-electron chi connectivity index (χ2n) is 4.28. The van der Waals surface area contributed by atoms with Crippen molar-refractivity contribution in [3.8, 4) is 0 Å². The monoisotopic (exact) mass is 258 g/mol. The molecule has 0 fully saturated rings. The number of carbonyl (C=O) groups is 1. The Labute approximate surface area is 111 Å². The Kier molecular flexibility index (Phi) is 11.4. The lowest BCUT2D eigenvalue weighted by molar-refractivity contribution is -0.119. The van der Waals surface area contributed by atoms with Crippen molar-refractivity contribution >= 4 is 23.2 Å². The molecule has 0 aromatic heterocycles. The Morgan fingerprint density at radius 3 is 2.18 bits per heavy atom. The Morgan fingerprint density at radius 1 is 1.00 bits per heavy atom. The fraction of sp³-hybridized carbons (Fsp3) is 0.846. The van der Waals surface area contributed by atoms with E-state index in [1.54, 1.807) is 0 Å². The van der Waals surface area contributed by atoms with Crippen molar-refractivity contribution in [2.24, 2.45) is 0 Å². The minimum absolute atomic E-state index is 0.0320. The molecule has 2 N–H and O–H groups in total. The van der Waals surface area contributed by atoms with Gasteiger partial charge >= 0.3 is 0 Å². The van der Waals surface area contributed by atoms with E-state index >= 15 is 0 Å². The molecule has 0 saturated carbocycles. The molecule has 0 saturated heterocycles. The van der Waals surface area contributed by atoms with Crippen molar-refractivity contribution in [2.75, 3.05) is 6.54 Å². The molecule has 4 heteroatoms. The Morgan fingerprint density at radius 2 is 1.59 bits per heavy atom. The largest absolute Gasteiger partial charge is 0.363 e. The van der Waals surface area contributed by atoms with Gasteiger partial charge in [0.15, 0.2) is 5.11 Å². The topological polar surface area (TPSA) is 41.1 Å². The highest BCUT2D eigenvalue weighted by molar-refractivity contribution is 7.80. The van der Waals surface area contributed by atoms with Crippen LogP contribution in [0.4, 0.5) is 0 Å². The van der Waals surface area contributed by atoms with Gasteiger partial charge in [0, 0.05) is 13.0 Å². The molecule has 0 aliphatic heterocycles. The zero-order valence-electron chi connectivity index (χ0n) is 11.2. The van der Waals surface area contributed by atoms with Crippen LogP contribution >= 0.6 is 12.2 Å². The van der Waals surface area contributed by atoms with Gasteiger partial charge in [-0.25, -0.2) is 0 Å². The van der Waals surface area contributed by atoms with Crippen molar-refractivity contribution in [1.29, 1.82) is 0 Å². The highest BCUT2D eigenvalue weighted by Gasteiger charge is 2.02. The van der Waals surface area contributed by atoms with E-state index in [1.807, 2.05) is 6.92 Å². The first kappa shape index (κ1) is 16.4. The van der Waals surface area contributed by atoms with Crippen LogP contribution in [0.25, 0.3) is 0 Å². The zero-order valence-corrected chi connectivity index (χ0v) is 12.0. The van der Waals surface area contributed by atoms with E-state index in [0.717, 1.165) is 19.4 Å². The Hall–Kier alpha value is -0.640. The van der Waals surface area contributed by atoms with Crippen LogP contribution in [0.15, 0.2) is 0 Å². The first-order valence-electron chi connectivity index (χ1n) is 6.78. The van der Waals surface area contributed by atoms with Gasteiger partial charge in [0.25, 0.3) is 0 Å². The third-order valence-corrected chi connectivity index (χ3v) is 2.84. The molecule has 0 rings (SSSR count). The molecular formula is C13H26N2OS. The normalized spacial score (nSPS) is 10.0. The van der Waals surface area contributed by atoms with E-state index in [0.29, 0.717) is 11.5 Å². The van der Waals surface area contributed by atoms with E-state index in [2.05, 4.69) is 17.6 Å². The molecular weight excluding hydrogens is 232 g/mol. The minimum atomic E-state index is 0.0320. The second kappa shape index (κ2) is 11.8. The molecule has 0 spiro atoms. The van der Waals surface area contributed by atoms with Gasteiger partial charge < -0.3 is 10.6 Å². The third-order valence-electron chi connectivity index (χ3n) is 2.60. The van der Waals surface area contributed by atoms with Crippen LogP contribution in [0.5, 0.6) is 0 Å². The van der Waals surface area contributed by atoms with E-state index in [1.165, 1.54) is 32.1 Å². The number of unbranched alkanes of at least 4 members (excludes halogenated alkanes) is 6. The highest BCUT2D eigenvalue weighted by Crippen LogP contribution is 2.08. The van der Waals surface area contributed by atoms with Crippen LogP contribution in [-0.2, 0) is 4.79 Å². The molecule has 0 bridgehead atoms. The predicted octanol–water partition coefficient (Wildman–Crippen LogP) is 3.14. The predicted molar refractivity (Wildman–Crippen MR) is 77.0 cm³/mol. The number of carbonyl (C=O) groups excluding carboxylic acids is 1. The summed E-state index contributed by atoms with van der Waals surface area (Å²) in [6.45, 7) is 4.92. The molecule has 0 atom stereocenters. The first-order valence-corrected chi connectivity index (χ1v) is 7.19. The van der Waals surface area contributed by atoms with Crippen molar-refractivity contribution in [3.05, 3.63) is 0 Å². The van der Waals surface area contributed by atoms with Gasteiger partial charge in [-0.15, -0.1) is 0 Å². The minimum Gasteiger partial charge on any atom is -0.363 e. The van der Waals surface area contributed by atoms with Crippen molar-refractivity contribution in [2.45, 2.75) is 65.2 Å². The van der Waals surface area contributed by atoms with Crippen LogP contribution in [0.1, 0.15) is 65.2 Å². The summed E-state index contributed by atoms with van der Waals surface area (Å²) in [7, 11) is 0. The summed E-state index contributed by atoms with van der Waals surface area (Å²) in [6.07, 6.45) is 9.17. The van der Waals surface area contributed by atoms with Gasteiger partial charge in [0.2, 0.25) is 5.91 Å². The summed E-state index contributed by atoms with van der Waals surface area (Å²) in [6, 6.07) is 0. The van der Waals surface area contributed by atoms with Crippen molar-refractivity contribution in [1.82, 2.24) is 10.6 Å². The molecule has 0 unspecified atom stereocenters. The van der Waals surface area contributed by atoms with Gasteiger partial charge in [0.05, 0.1) is 0 Å². The van der Waals surface area contributed by atoms with Crippen LogP contribution in [0, 0.1) is 0 Å². The lowest BCUT2D eigenvalue weighted by Gasteiger charge is -2.07. The average molecular weight is 258 g/mol. The fourth-order valence-electron chi connectivity index (χ4n) is 1.64. The van der Waals surface area contributed by atoms with E-state index in [9.17, 15) is 4.79 Å². The SMILES string of the molecule is CCCCCCCCCC(=O)NC(=S)NCC. The van der Waals surface area contributed by atoms with Crippen molar-refractivity contribution in [3.63, 3.8) is 0 Å². The number of thiocarbonyl (C=S) groups is 1. The van der Waals surface area contributed by atoms with Gasteiger partial charge in [-0.05, 0) is 25.6 Å². The maximum absolute atomic E-state index is 11.4. The zero-order chi connectivity index (χ0) is 12.9. The summed E-state index contributed by atoms with van der Waals surface area (Å²) in [5, 5.41) is 6.02. The molecule has 0 aromatic carbocycles. The summed E-state index contributed by atoms with van der Waals surface area (Å²) < 4.78 is 0. The Balaban J connectivity index is 3.30. The Bertz CT molecular complexity index is 219. The molecule has 3 nitrogen and oxygen atoms in total. The lowest BCUT2D eigenvalue weighted by Crippen LogP contribution is -2.38. The van der Waals surface area contributed by atoms with Crippen molar-refractivity contribution < 1.29 is 4.79 Å². The van der Waals surface area contributed by atoms with Gasteiger partial charge in [0.1, 0.15) is 0 Å². The number of hydrogen-bond acceptors (Lipinski definition) is 2. The fourth-order valence-corrected chi connectivity index (χ4v) is 1.89. The summed E-state index contributed by atoms with van der Waals surface area (Å²) >= 11 is 4.94. The number of hydrogen-bond donors (Lipinski definition) is 2. The maximum Gasteiger partial charge on any atom is 0.226 e. The van der Waals surface area contributed by atoms with Gasteiger partial charge in [-0.1, -0.05) is 45.4 Å².